The Kier molecular flexibility index (Phi) is 4.70. The lowest BCUT2D eigenvalue weighted by Crippen LogP contribution is -2.33. The van der Waals surface area contributed by atoms with Crippen LogP contribution < -0.4 is 9.30 Å². The summed E-state index contributed by atoms with van der Waals surface area (Å²) in [5.74, 6) is 0. The molecule has 0 unspecified atom stereocenters. The summed E-state index contributed by atoms with van der Waals surface area (Å²) in [4.78, 5) is 3.81. The molecule has 0 atom stereocenters. The van der Waals surface area contributed by atoms with Crippen LogP contribution in [0.1, 0.15) is 16.8 Å². The third-order valence-corrected chi connectivity index (χ3v) is 7.42. The Morgan fingerprint density at radius 1 is 0.920 bits per heavy atom. The normalized spacial score (nSPS) is 11.6. The van der Waals surface area contributed by atoms with Gasteiger partial charge in [-0.1, -0.05) is 34.8 Å². The summed E-state index contributed by atoms with van der Waals surface area (Å²) < 4.78 is 9.00. The van der Waals surface area contributed by atoms with E-state index in [1.807, 2.05) is 28.7 Å². The van der Waals surface area contributed by atoms with Gasteiger partial charge in [0.1, 0.15) is 11.2 Å². The number of hydrogen-bond acceptors (Lipinski definition) is 4. The number of nitrogens with zero attached hydrogens (tertiary/aromatic N) is 1. The lowest BCUT2D eigenvalue weighted by molar-refractivity contribution is -0.665. The predicted octanol–water partition coefficient (Wildman–Crippen LogP) is 6.18. The standard InChI is InChI=1S/C20H18NOS3/c1-3-21-15-6-4-5-7-16(15)24-19(21)12-9-14-8-10-17(23-14)18-11-13-20(22-2)25-18/h4-13H,3H2,1-2H3/q+1/b12-9+. The average molecular weight is 385 g/mol. The number of para-hydroxylation sites is 1. The summed E-state index contributed by atoms with van der Waals surface area (Å²) in [6, 6.07) is 17.1. The first kappa shape index (κ1) is 16.5. The van der Waals surface area contributed by atoms with E-state index in [0.29, 0.717) is 0 Å². The molecule has 25 heavy (non-hydrogen) atoms. The number of rotatable bonds is 5. The Balaban J connectivity index is 1.62. The largest absolute Gasteiger partial charge is 0.487 e. The van der Waals surface area contributed by atoms with E-state index in [4.69, 9.17) is 4.74 Å². The molecule has 2 nitrogen and oxygen atoms in total. The molecular weight excluding hydrogens is 366 g/mol. The van der Waals surface area contributed by atoms with Crippen molar-refractivity contribution in [1.82, 2.24) is 0 Å². The van der Waals surface area contributed by atoms with Crippen LogP contribution in [0.15, 0.2) is 48.5 Å². The van der Waals surface area contributed by atoms with Gasteiger partial charge in [-0.15, -0.1) is 11.3 Å². The molecule has 3 heterocycles. The Morgan fingerprint density at radius 3 is 2.52 bits per heavy atom. The van der Waals surface area contributed by atoms with Crippen molar-refractivity contribution in [3.05, 3.63) is 58.4 Å². The van der Waals surface area contributed by atoms with E-state index in [2.05, 4.69) is 66.1 Å². The van der Waals surface area contributed by atoms with Crippen LogP contribution in [0.5, 0.6) is 5.06 Å². The monoisotopic (exact) mass is 384 g/mol. The number of thiazole rings is 1. The number of fused-ring (bicyclic) bond motifs is 1. The Morgan fingerprint density at radius 2 is 1.72 bits per heavy atom. The van der Waals surface area contributed by atoms with E-state index >= 15 is 0 Å². The Hall–Kier alpha value is -1.95. The number of ether oxygens (including phenoxy) is 1. The maximum Gasteiger partial charge on any atom is 0.262 e. The van der Waals surface area contributed by atoms with Gasteiger partial charge >= 0.3 is 0 Å². The third kappa shape index (κ3) is 3.27. The summed E-state index contributed by atoms with van der Waals surface area (Å²) in [5.41, 5.74) is 1.31. The van der Waals surface area contributed by atoms with Crippen molar-refractivity contribution >= 4 is 56.4 Å². The van der Waals surface area contributed by atoms with Crippen LogP contribution in [0, 0.1) is 0 Å². The summed E-state index contributed by atoms with van der Waals surface area (Å²) in [6.07, 6.45) is 4.45. The summed E-state index contributed by atoms with van der Waals surface area (Å²) >= 11 is 5.34. The van der Waals surface area contributed by atoms with Crippen molar-refractivity contribution in [3.8, 4) is 14.8 Å². The molecule has 0 aliphatic carbocycles. The SMILES string of the molecule is CC[n+]1c(/C=C/c2ccc(-c3ccc(OC)s3)s2)sc2ccccc21. The highest BCUT2D eigenvalue weighted by Crippen LogP contribution is 2.37. The second kappa shape index (κ2) is 7.12. The number of thiophene rings is 2. The first-order valence-corrected chi connectivity index (χ1v) is 10.6. The molecule has 4 aromatic rings. The number of methoxy groups -OCH3 is 1. The topological polar surface area (TPSA) is 13.1 Å². The van der Waals surface area contributed by atoms with Crippen LogP contribution in [0.25, 0.3) is 32.1 Å². The van der Waals surface area contributed by atoms with Gasteiger partial charge in [-0.2, -0.15) is 4.57 Å². The van der Waals surface area contributed by atoms with Crippen molar-refractivity contribution in [1.29, 1.82) is 0 Å². The van der Waals surface area contributed by atoms with Crippen LogP contribution >= 0.6 is 34.0 Å². The molecule has 1 aromatic carbocycles. The van der Waals surface area contributed by atoms with E-state index in [-0.39, 0.29) is 0 Å². The van der Waals surface area contributed by atoms with Gasteiger partial charge in [-0.25, -0.2) is 0 Å². The van der Waals surface area contributed by atoms with Crippen LogP contribution in [0.3, 0.4) is 0 Å². The van der Waals surface area contributed by atoms with E-state index in [1.165, 1.54) is 29.9 Å². The number of aromatic nitrogens is 1. The third-order valence-electron chi connectivity index (χ3n) is 4.00. The quantitative estimate of drug-likeness (QED) is 0.375. The highest BCUT2D eigenvalue weighted by Gasteiger charge is 2.16. The molecule has 0 aliphatic heterocycles. The fraction of sp³-hybridized carbons (Fsp3) is 0.150. The van der Waals surface area contributed by atoms with Gasteiger partial charge in [0.2, 0.25) is 5.52 Å². The average Bonchev–Trinajstić information content (AvgIpc) is 3.36. The molecule has 3 aromatic heterocycles. The number of hydrogen-bond donors (Lipinski definition) is 0. The zero-order valence-corrected chi connectivity index (χ0v) is 16.5. The minimum absolute atomic E-state index is 0.953. The molecule has 5 heteroatoms. The van der Waals surface area contributed by atoms with Crippen molar-refractivity contribution < 1.29 is 9.30 Å². The molecule has 0 saturated heterocycles. The molecule has 0 radical (unpaired) electrons. The second-order valence-electron chi connectivity index (χ2n) is 5.51. The van der Waals surface area contributed by atoms with Crippen LogP contribution in [0.4, 0.5) is 0 Å². The summed E-state index contributed by atoms with van der Waals surface area (Å²) in [6.45, 7) is 3.18. The van der Waals surface area contributed by atoms with Gasteiger partial charge in [0, 0.05) is 26.8 Å². The van der Waals surface area contributed by atoms with E-state index in [9.17, 15) is 0 Å². The molecular formula is C20H18NOS3+. The lowest BCUT2D eigenvalue weighted by Gasteiger charge is -1.91. The maximum atomic E-state index is 5.29. The minimum Gasteiger partial charge on any atom is -0.487 e. The highest BCUT2D eigenvalue weighted by atomic mass is 32.1. The Bertz CT molecular complexity index is 1040. The number of benzene rings is 1. The van der Waals surface area contributed by atoms with E-state index < -0.39 is 0 Å². The van der Waals surface area contributed by atoms with Crippen molar-refractivity contribution in [2.45, 2.75) is 13.5 Å². The van der Waals surface area contributed by atoms with Gasteiger partial charge in [-0.3, -0.25) is 0 Å². The molecule has 0 N–H and O–H groups in total. The molecule has 4 rings (SSSR count). The molecule has 0 spiro atoms. The zero-order chi connectivity index (χ0) is 17.2. The van der Waals surface area contributed by atoms with Crippen LogP contribution in [-0.4, -0.2) is 7.11 Å². The van der Waals surface area contributed by atoms with Gasteiger partial charge in [-0.05, 0) is 43.3 Å². The Labute approximate surface area is 159 Å². The molecule has 0 amide bonds. The number of aryl methyl sites for hydroxylation is 1. The fourth-order valence-electron chi connectivity index (χ4n) is 2.79. The lowest BCUT2D eigenvalue weighted by atomic mass is 10.3. The summed E-state index contributed by atoms with van der Waals surface area (Å²) in [7, 11) is 1.71. The smallest absolute Gasteiger partial charge is 0.262 e. The first-order chi connectivity index (χ1) is 12.3. The fourth-order valence-corrected chi connectivity index (χ4v) is 5.74. The van der Waals surface area contributed by atoms with Crippen molar-refractivity contribution in [3.63, 3.8) is 0 Å². The predicted molar refractivity (Wildman–Crippen MR) is 111 cm³/mol. The molecule has 126 valence electrons. The minimum atomic E-state index is 0.953. The van der Waals surface area contributed by atoms with Crippen LogP contribution in [-0.2, 0) is 6.54 Å². The van der Waals surface area contributed by atoms with Gasteiger partial charge in [0.25, 0.3) is 5.01 Å². The van der Waals surface area contributed by atoms with Gasteiger partial charge < -0.3 is 4.74 Å². The van der Waals surface area contributed by atoms with Gasteiger partial charge in [0.05, 0.1) is 7.11 Å². The van der Waals surface area contributed by atoms with Gasteiger partial charge in [0.15, 0.2) is 5.06 Å². The van der Waals surface area contributed by atoms with Crippen molar-refractivity contribution in [2.24, 2.45) is 0 Å². The second-order valence-corrected chi connectivity index (χ2v) is 8.73. The van der Waals surface area contributed by atoms with E-state index in [0.717, 1.165) is 11.6 Å². The molecule has 0 saturated carbocycles. The van der Waals surface area contributed by atoms with Crippen LogP contribution in [0.2, 0.25) is 0 Å². The molecule has 0 bridgehead atoms. The van der Waals surface area contributed by atoms with E-state index in [1.54, 1.807) is 18.4 Å². The highest BCUT2D eigenvalue weighted by molar-refractivity contribution is 7.23. The zero-order valence-electron chi connectivity index (χ0n) is 14.1. The first-order valence-electron chi connectivity index (χ1n) is 8.12. The van der Waals surface area contributed by atoms with Crippen molar-refractivity contribution in [2.75, 3.05) is 7.11 Å². The maximum absolute atomic E-state index is 5.29. The molecule has 0 fully saturated rings. The molecule has 0 aliphatic rings. The summed E-state index contributed by atoms with van der Waals surface area (Å²) in [5, 5.41) is 2.24.